The van der Waals surface area contributed by atoms with Gasteiger partial charge in [0.25, 0.3) is 10.0 Å². The minimum atomic E-state index is -3.88. The van der Waals surface area contributed by atoms with Crippen molar-refractivity contribution in [1.29, 1.82) is 5.26 Å². The molecule has 0 aliphatic heterocycles. The van der Waals surface area contributed by atoms with E-state index in [2.05, 4.69) is 15.6 Å². The first-order chi connectivity index (χ1) is 22.4. The third kappa shape index (κ3) is 5.17. The number of carbonyl (C=O) groups excluding carboxylic acids is 1. The molecule has 3 aromatic heterocycles. The van der Waals surface area contributed by atoms with Crippen LogP contribution < -0.4 is 0 Å². The SMILES string of the molecule is N#CCC1CCC(n2c(-c3ccc(C(=O)c4ccc(CO)cc4)cc3)nc3cnc4c(ccn4S(=O)(=O)c4ccccc4)c32)CC1. The van der Waals surface area contributed by atoms with Gasteiger partial charge in [-0.3, -0.25) is 4.79 Å². The molecule has 10 heteroatoms. The number of hydrogen-bond acceptors (Lipinski definition) is 7. The smallest absolute Gasteiger partial charge is 0.269 e. The number of benzene rings is 3. The van der Waals surface area contributed by atoms with Gasteiger partial charge >= 0.3 is 0 Å². The van der Waals surface area contributed by atoms with E-state index in [0.717, 1.165) is 48.2 Å². The van der Waals surface area contributed by atoms with Gasteiger partial charge < -0.3 is 9.67 Å². The Hall–Kier alpha value is -5.11. The monoisotopic (exact) mass is 629 g/mol. The third-order valence-electron chi connectivity index (χ3n) is 8.99. The fourth-order valence-corrected chi connectivity index (χ4v) is 7.86. The summed E-state index contributed by atoms with van der Waals surface area (Å²) < 4.78 is 30.7. The molecule has 1 aliphatic carbocycles. The average Bonchev–Trinajstić information content (AvgIpc) is 3.72. The first-order valence-electron chi connectivity index (χ1n) is 15.3. The van der Waals surface area contributed by atoms with Crippen molar-refractivity contribution in [3.8, 4) is 17.5 Å². The lowest BCUT2D eigenvalue weighted by Gasteiger charge is -2.30. The molecule has 0 unspecified atom stereocenters. The number of carbonyl (C=O) groups is 1. The number of ketones is 1. The third-order valence-corrected chi connectivity index (χ3v) is 10.7. The van der Waals surface area contributed by atoms with E-state index in [0.29, 0.717) is 40.0 Å². The van der Waals surface area contributed by atoms with Gasteiger partial charge in [0, 0.05) is 40.7 Å². The number of nitriles is 1. The molecule has 1 N–H and O–H groups in total. The number of pyridine rings is 1. The lowest BCUT2D eigenvalue weighted by molar-refractivity contribution is 0.103. The number of aromatic nitrogens is 4. The second-order valence-electron chi connectivity index (χ2n) is 11.8. The van der Waals surface area contributed by atoms with Crippen molar-refractivity contribution in [3.63, 3.8) is 0 Å². The van der Waals surface area contributed by atoms with Crippen LogP contribution in [0.1, 0.15) is 59.6 Å². The molecule has 0 atom stereocenters. The maximum atomic E-state index is 13.6. The highest BCUT2D eigenvalue weighted by atomic mass is 32.2. The highest BCUT2D eigenvalue weighted by Gasteiger charge is 2.29. The molecular weight excluding hydrogens is 598 g/mol. The van der Waals surface area contributed by atoms with Crippen LogP contribution >= 0.6 is 0 Å². The predicted molar refractivity (Wildman–Crippen MR) is 175 cm³/mol. The summed E-state index contributed by atoms with van der Waals surface area (Å²) in [6, 6.07) is 26.8. The van der Waals surface area contributed by atoms with Crippen LogP contribution in [0.25, 0.3) is 33.5 Å². The Morgan fingerprint density at radius 1 is 0.913 bits per heavy atom. The van der Waals surface area contributed by atoms with E-state index >= 15 is 0 Å². The molecule has 3 heterocycles. The maximum Gasteiger partial charge on any atom is 0.269 e. The molecule has 230 valence electrons. The lowest BCUT2D eigenvalue weighted by Crippen LogP contribution is -2.19. The average molecular weight is 630 g/mol. The van der Waals surface area contributed by atoms with Crippen LogP contribution in [0.4, 0.5) is 0 Å². The fourth-order valence-electron chi connectivity index (χ4n) is 6.54. The van der Waals surface area contributed by atoms with E-state index in [4.69, 9.17) is 4.98 Å². The Labute approximate surface area is 266 Å². The van der Waals surface area contributed by atoms with Crippen molar-refractivity contribution in [1.82, 2.24) is 18.5 Å². The van der Waals surface area contributed by atoms with Crippen LogP contribution in [-0.2, 0) is 16.6 Å². The van der Waals surface area contributed by atoms with Crippen molar-refractivity contribution >= 4 is 37.9 Å². The van der Waals surface area contributed by atoms with Gasteiger partial charge in [-0.2, -0.15) is 5.26 Å². The largest absolute Gasteiger partial charge is 0.392 e. The van der Waals surface area contributed by atoms with Crippen LogP contribution in [-0.4, -0.2) is 37.8 Å². The standard InChI is InChI=1S/C36H31N5O4S/c37-20-18-24-8-16-29(17-9-24)41-33-31-19-21-40(46(44,45)30-4-2-1-3-5-30)36(31)38-22-32(33)39-35(41)28-14-12-27(13-15-28)34(43)26-10-6-25(23-42)7-11-26/h1-7,10-15,19,21-22,24,29,42H,8-9,16-18,23H2. The van der Waals surface area contributed by atoms with Crippen molar-refractivity contribution in [2.75, 3.05) is 0 Å². The molecule has 7 rings (SSSR count). The van der Waals surface area contributed by atoms with E-state index in [-0.39, 0.29) is 23.3 Å². The summed E-state index contributed by atoms with van der Waals surface area (Å²) in [5, 5.41) is 19.3. The number of aliphatic hydroxyl groups is 1. The minimum Gasteiger partial charge on any atom is -0.392 e. The van der Waals surface area contributed by atoms with Gasteiger partial charge in [0.2, 0.25) is 0 Å². The zero-order valence-corrected chi connectivity index (χ0v) is 25.8. The van der Waals surface area contributed by atoms with Crippen molar-refractivity contribution in [2.45, 2.75) is 49.6 Å². The zero-order chi connectivity index (χ0) is 31.8. The van der Waals surface area contributed by atoms with E-state index in [1.165, 1.54) is 3.97 Å². The van der Waals surface area contributed by atoms with E-state index in [9.17, 15) is 23.6 Å². The molecule has 1 saturated carbocycles. The molecule has 3 aromatic carbocycles. The number of aliphatic hydroxyl groups excluding tert-OH is 1. The van der Waals surface area contributed by atoms with Gasteiger partial charge in [0.1, 0.15) is 11.3 Å². The first kappa shape index (κ1) is 29.6. The molecule has 9 nitrogen and oxygen atoms in total. The minimum absolute atomic E-state index is 0.0838. The zero-order valence-electron chi connectivity index (χ0n) is 25.0. The first-order valence-corrected chi connectivity index (χ1v) is 16.7. The Balaban J connectivity index is 1.33. The van der Waals surface area contributed by atoms with Crippen LogP contribution in [0.3, 0.4) is 0 Å². The van der Waals surface area contributed by atoms with Crippen LogP contribution in [0, 0.1) is 17.2 Å². The summed E-state index contributed by atoms with van der Waals surface area (Å²) in [5.41, 5.74) is 4.43. The molecule has 0 spiro atoms. The Kier molecular flexibility index (Phi) is 7.72. The summed E-state index contributed by atoms with van der Waals surface area (Å²) in [6.45, 7) is -0.0838. The van der Waals surface area contributed by atoms with Gasteiger partial charge in [0.05, 0.1) is 29.3 Å². The molecular formula is C36H31N5O4S. The van der Waals surface area contributed by atoms with Crippen LogP contribution in [0.15, 0.2) is 102 Å². The van der Waals surface area contributed by atoms with Crippen molar-refractivity contribution in [3.05, 3.63) is 114 Å². The van der Waals surface area contributed by atoms with Gasteiger partial charge in [-0.05, 0) is 55.4 Å². The normalized spacial score (nSPS) is 16.9. The number of hydrogen-bond donors (Lipinski definition) is 1. The topological polar surface area (TPSA) is 131 Å². The Bertz CT molecular complexity index is 2210. The molecule has 46 heavy (non-hydrogen) atoms. The molecule has 1 aliphatic rings. The quantitative estimate of drug-likeness (QED) is 0.186. The Morgan fingerprint density at radius 3 is 2.24 bits per heavy atom. The molecule has 0 saturated heterocycles. The summed E-state index contributed by atoms with van der Waals surface area (Å²) in [7, 11) is -3.88. The second-order valence-corrected chi connectivity index (χ2v) is 13.6. The van der Waals surface area contributed by atoms with Gasteiger partial charge in [-0.25, -0.2) is 22.4 Å². The lowest BCUT2D eigenvalue weighted by atomic mass is 9.84. The fraction of sp³-hybridized carbons (Fsp3) is 0.222. The van der Waals surface area contributed by atoms with Crippen molar-refractivity contribution in [2.24, 2.45) is 5.92 Å². The van der Waals surface area contributed by atoms with E-state index in [1.54, 1.807) is 85.2 Å². The highest BCUT2D eigenvalue weighted by molar-refractivity contribution is 7.90. The van der Waals surface area contributed by atoms with Gasteiger partial charge in [-0.1, -0.05) is 66.7 Å². The van der Waals surface area contributed by atoms with Crippen LogP contribution in [0.2, 0.25) is 0 Å². The summed E-state index contributed by atoms with van der Waals surface area (Å²) in [4.78, 5) is 23.0. The molecule has 6 aromatic rings. The summed E-state index contributed by atoms with van der Waals surface area (Å²) in [5.74, 6) is 0.959. The van der Waals surface area contributed by atoms with Gasteiger partial charge in [0.15, 0.2) is 11.4 Å². The molecule has 0 bridgehead atoms. The molecule has 0 amide bonds. The molecule has 0 radical (unpaired) electrons. The van der Waals surface area contributed by atoms with Crippen molar-refractivity contribution < 1.29 is 18.3 Å². The number of rotatable bonds is 8. The van der Waals surface area contributed by atoms with E-state index in [1.807, 2.05) is 12.1 Å². The summed E-state index contributed by atoms with van der Waals surface area (Å²) in [6.07, 6.45) is 7.26. The Morgan fingerprint density at radius 2 is 1.59 bits per heavy atom. The number of imidazole rings is 1. The highest BCUT2D eigenvalue weighted by Crippen LogP contribution is 2.40. The van der Waals surface area contributed by atoms with E-state index < -0.39 is 10.0 Å². The number of fused-ring (bicyclic) bond motifs is 3. The summed E-state index contributed by atoms with van der Waals surface area (Å²) >= 11 is 0. The predicted octanol–water partition coefficient (Wildman–Crippen LogP) is 6.66. The van der Waals surface area contributed by atoms with Crippen LogP contribution in [0.5, 0.6) is 0 Å². The maximum absolute atomic E-state index is 13.6. The number of nitrogens with zero attached hydrogens (tertiary/aromatic N) is 5. The molecule has 1 fully saturated rings. The second kappa shape index (κ2) is 12.0. The van der Waals surface area contributed by atoms with Gasteiger partial charge in [-0.15, -0.1) is 0 Å².